The van der Waals surface area contributed by atoms with Crippen LogP contribution in [0.15, 0.2) is 12.4 Å². The van der Waals surface area contributed by atoms with E-state index < -0.39 is 6.10 Å². The van der Waals surface area contributed by atoms with Crippen LogP contribution >= 0.6 is 0 Å². The molecule has 1 aromatic rings. The number of imidazole rings is 1. The Labute approximate surface area is 137 Å². The van der Waals surface area contributed by atoms with Gasteiger partial charge in [-0.3, -0.25) is 4.79 Å². The predicted molar refractivity (Wildman–Crippen MR) is 86.4 cm³/mol. The lowest BCUT2D eigenvalue weighted by atomic mass is 9.49. The number of aromatic nitrogens is 2. The van der Waals surface area contributed by atoms with Crippen molar-refractivity contribution >= 4 is 5.91 Å². The van der Waals surface area contributed by atoms with Gasteiger partial charge >= 0.3 is 0 Å². The van der Waals surface area contributed by atoms with Crippen molar-refractivity contribution in [3.8, 4) is 0 Å². The number of carbonyl (C=O) groups is 1. The van der Waals surface area contributed by atoms with Crippen LogP contribution in [0.3, 0.4) is 0 Å². The summed E-state index contributed by atoms with van der Waals surface area (Å²) in [5.74, 6) is 3.30. The van der Waals surface area contributed by atoms with Crippen molar-refractivity contribution in [2.24, 2.45) is 30.2 Å². The summed E-state index contributed by atoms with van der Waals surface area (Å²) < 4.78 is 1.79. The standard InChI is InChI=1S/C18H27N3O2/c1-21-3-2-19-17(21)15(22)11-20-16(23)10-18-7-12-4-13(8-18)6-14(5-12)9-18/h2-3,12-15,22H,4-11H2,1H3,(H,20,23). The molecule has 4 fully saturated rings. The molecule has 0 aromatic carbocycles. The van der Waals surface area contributed by atoms with Crippen molar-refractivity contribution in [2.45, 2.75) is 51.0 Å². The van der Waals surface area contributed by atoms with Crippen LogP contribution in [-0.2, 0) is 11.8 Å². The van der Waals surface area contributed by atoms with Crippen LogP contribution in [0.4, 0.5) is 0 Å². The Kier molecular flexibility index (Phi) is 3.71. The summed E-state index contributed by atoms with van der Waals surface area (Å²) in [6, 6.07) is 0. The summed E-state index contributed by atoms with van der Waals surface area (Å²) in [6.07, 6.45) is 11.3. The van der Waals surface area contributed by atoms with Crippen LogP contribution in [-0.4, -0.2) is 27.1 Å². The fourth-order valence-electron chi connectivity index (χ4n) is 5.91. The van der Waals surface area contributed by atoms with E-state index in [9.17, 15) is 9.90 Å². The Balaban J connectivity index is 1.33. The summed E-state index contributed by atoms with van der Waals surface area (Å²) in [7, 11) is 1.85. The van der Waals surface area contributed by atoms with Crippen LogP contribution in [0.5, 0.6) is 0 Å². The van der Waals surface area contributed by atoms with Gasteiger partial charge in [-0.1, -0.05) is 0 Å². The normalized spacial score (nSPS) is 36.2. The van der Waals surface area contributed by atoms with Gasteiger partial charge in [0.05, 0.1) is 6.54 Å². The van der Waals surface area contributed by atoms with Gasteiger partial charge in [-0.05, 0) is 61.7 Å². The summed E-state index contributed by atoms with van der Waals surface area (Å²) in [5, 5.41) is 13.1. The number of nitrogens with zero attached hydrogens (tertiary/aromatic N) is 2. The highest BCUT2D eigenvalue weighted by atomic mass is 16.3. The molecule has 4 aliphatic carbocycles. The summed E-state index contributed by atoms with van der Waals surface area (Å²) in [4.78, 5) is 16.6. The maximum absolute atomic E-state index is 12.4. The van der Waals surface area contributed by atoms with Crippen molar-refractivity contribution in [1.29, 1.82) is 0 Å². The van der Waals surface area contributed by atoms with Gasteiger partial charge in [0.15, 0.2) is 0 Å². The van der Waals surface area contributed by atoms with Gasteiger partial charge in [-0.15, -0.1) is 0 Å². The molecular weight excluding hydrogens is 290 g/mol. The first-order valence-electron chi connectivity index (χ1n) is 8.95. The van der Waals surface area contributed by atoms with Crippen molar-refractivity contribution in [1.82, 2.24) is 14.9 Å². The number of aryl methyl sites for hydroxylation is 1. The zero-order valence-corrected chi connectivity index (χ0v) is 13.9. The summed E-state index contributed by atoms with van der Waals surface area (Å²) in [5.41, 5.74) is 0.257. The fourth-order valence-corrected chi connectivity index (χ4v) is 5.91. The number of hydrogen-bond donors (Lipinski definition) is 2. The molecular formula is C18H27N3O2. The number of aliphatic hydroxyl groups is 1. The van der Waals surface area contributed by atoms with Crippen molar-refractivity contribution < 1.29 is 9.90 Å². The average molecular weight is 317 g/mol. The van der Waals surface area contributed by atoms with E-state index in [0.717, 1.165) is 17.8 Å². The van der Waals surface area contributed by atoms with Gasteiger partial charge in [-0.25, -0.2) is 4.98 Å². The molecule has 4 aliphatic rings. The minimum Gasteiger partial charge on any atom is -0.383 e. The zero-order valence-electron chi connectivity index (χ0n) is 13.9. The van der Waals surface area contributed by atoms with Gasteiger partial charge in [0.1, 0.15) is 11.9 Å². The molecule has 1 amide bonds. The Morgan fingerprint density at radius 3 is 2.48 bits per heavy atom. The Hall–Kier alpha value is -1.36. The molecule has 5 heteroatoms. The van der Waals surface area contributed by atoms with E-state index in [2.05, 4.69) is 10.3 Å². The second-order valence-corrected chi connectivity index (χ2v) is 8.31. The first kappa shape index (κ1) is 15.2. The van der Waals surface area contributed by atoms with Gasteiger partial charge in [0.25, 0.3) is 0 Å². The second kappa shape index (κ2) is 5.62. The van der Waals surface area contributed by atoms with E-state index >= 15 is 0 Å². The minimum atomic E-state index is -0.740. The molecule has 23 heavy (non-hydrogen) atoms. The Bertz CT molecular complexity index is 560. The molecule has 5 nitrogen and oxygen atoms in total. The third-order valence-corrected chi connectivity index (χ3v) is 6.35. The predicted octanol–water partition coefficient (Wildman–Crippen LogP) is 2.18. The minimum absolute atomic E-state index is 0.0974. The second-order valence-electron chi connectivity index (χ2n) is 8.31. The number of hydrogen-bond acceptors (Lipinski definition) is 3. The molecule has 4 saturated carbocycles. The van der Waals surface area contributed by atoms with E-state index in [0.29, 0.717) is 12.2 Å². The Morgan fingerprint density at radius 1 is 1.35 bits per heavy atom. The van der Waals surface area contributed by atoms with Crippen molar-refractivity contribution in [3.05, 3.63) is 18.2 Å². The quantitative estimate of drug-likeness (QED) is 0.874. The lowest BCUT2D eigenvalue weighted by Crippen LogP contribution is -2.48. The third-order valence-electron chi connectivity index (χ3n) is 6.35. The molecule has 4 bridgehead atoms. The highest BCUT2D eigenvalue weighted by Crippen LogP contribution is 2.61. The van der Waals surface area contributed by atoms with Gasteiger partial charge in [0, 0.05) is 25.9 Å². The number of nitrogens with one attached hydrogen (secondary N) is 1. The molecule has 1 unspecified atom stereocenters. The molecule has 0 aliphatic heterocycles. The van der Waals surface area contributed by atoms with E-state index in [1.54, 1.807) is 17.0 Å². The molecule has 1 heterocycles. The Morgan fingerprint density at radius 2 is 1.96 bits per heavy atom. The first-order chi connectivity index (χ1) is 11.0. The monoisotopic (exact) mass is 317 g/mol. The van der Waals surface area contributed by atoms with Crippen LogP contribution in [0, 0.1) is 23.2 Å². The molecule has 126 valence electrons. The average Bonchev–Trinajstić information content (AvgIpc) is 2.89. The lowest BCUT2D eigenvalue weighted by molar-refractivity contribution is -0.129. The third kappa shape index (κ3) is 2.91. The fraction of sp³-hybridized carbons (Fsp3) is 0.778. The van der Waals surface area contributed by atoms with Crippen LogP contribution < -0.4 is 5.32 Å². The van der Waals surface area contributed by atoms with Crippen molar-refractivity contribution in [2.75, 3.05) is 6.54 Å². The van der Waals surface area contributed by atoms with E-state index in [1.807, 2.05) is 7.05 Å². The molecule has 5 rings (SSSR count). The van der Waals surface area contributed by atoms with E-state index in [4.69, 9.17) is 0 Å². The largest absolute Gasteiger partial charge is 0.383 e. The van der Waals surface area contributed by atoms with Crippen LogP contribution in [0.25, 0.3) is 0 Å². The van der Waals surface area contributed by atoms with E-state index in [-0.39, 0.29) is 17.9 Å². The summed E-state index contributed by atoms with van der Waals surface area (Å²) in [6.45, 7) is 0.246. The van der Waals surface area contributed by atoms with Gasteiger partial charge in [0.2, 0.25) is 5.91 Å². The highest BCUT2D eigenvalue weighted by molar-refractivity contribution is 5.76. The SMILES string of the molecule is Cn1ccnc1C(O)CNC(=O)CC12CC3CC(CC(C3)C1)C2. The van der Waals surface area contributed by atoms with Crippen LogP contribution in [0.1, 0.15) is 56.9 Å². The van der Waals surface area contributed by atoms with Gasteiger partial charge < -0.3 is 15.0 Å². The van der Waals surface area contributed by atoms with E-state index in [1.165, 1.54) is 38.5 Å². The smallest absolute Gasteiger partial charge is 0.220 e. The highest BCUT2D eigenvalue weighted by Gasteiger charge is 2.51. The molecule has 0 spiro atoms. The lowest BCUT2D eigenvalue weighted by Gasteiger charge is -2.56. The zero-order chi connectivity index (χ0) is 16.0. The maximum atomic E-state index is 12.4. The van der Waals surface area contributed by atoms with Gasteiger partial charge in [-0.2, -0.15) is 0 Å². The molecule has 2 N–H and O–H groups in total. The first-order valence-corrected chi connectivity index (χ1v) is 8.95. The maximum Gasteiger partial charge on any atom is 0.220 e. The summed E-state index contributed by atoms with van der Waals surface area (Å²) >= 11 is 0. The number of aliphatic hydroxyl groups excluding tert-OH is 1. The number of amides is 1. The molecule has 1 aromatic heterocycles. The number of rotatable bonds is 5. The molecule has 0 radical (unpaired) electrons. The topological polar surface area (TPSA) is 67.2 Å². The van der Waals surface area contributed by atoms with Crippen LogP contribution in [0.2, 0.25) is 0 Å². The molecule has 1 atom stereocenters. The number of carbonyl (C=O) groups excluding carboxylic acids is 1. The molecule has 0 saturated heterocycles. The van der Waals surface area contributed by atoms with Crippen molar-refractivity contribution in [3.63, 3.8) is 0 Å².